The van der Waals surface area contributed by atoms with Gasteiger partial charge in [0, 0.05) is 29.8 Å². The number of carbonyl (C=O) groups is 1. The zero-order valence-corrected chi connectivity index (χ0v) is 20.4. The number of H-pyrrole nitrogens is 1. The monoisotopic (exact) mass is 530 g/mol. The summed E-state index contributed by atoms with van der Waals surface area (Å²) in [5, 5.41) is 33.0. The fraction of sp³-hybridized carbons (Fsp3) is 0.250. The number of aliphatic hydroxyl groups is 2. The summed E-state index contributed by atoms with van der Waals surface area (Å²) in [4.78, 5) is 20.5. The Morgan fingerprint density at radius 1 is 1.16 bits per heavy atom. The van der Waals surface area contributed by atoms with Gasteiger partial charge < -0.3 is 30.3 Å². The van der Waals surface area contributed by atoms with Crippen LogP contribution < -0.4 is 20.1 Å². The molecule has 2 aromatic carbocycles. The van der Waals surface area contributed by atoms with Crippen LogP contribution in [0.5, 0.6) is 11.5 Å². The molecule has 13 heteroatoms. The minimum Gasteiger partial charge on any atom is -0.493 e. The number of nitrogens with zero attached hydrogens (tertiary/aromatic N) is 3. The van der Waals surface area contributed by atoms with Crippen LogP contribution in [0.25, 0.3) is 10.9 Å². The van der Waals surface area contributed by atoms with Crippen molar-refractivity contribution in [3.8, 4) is 11.5 Å². The van der Waals surface area contributed by atoms with Gasteiger partial charge in [-0.3, -0.25) is 9.89 Å². The maximum atomic E-state index is 13.5. The largest absolute Gasteiger partial charge is 0.493 e. The Bertz CT molecular complexity index is 1370. The van der Waals surface area contributed by atoms with Crippen molar-refractivity contribution >= 4 is 45.6 Å². The highest BCUT2D eigenvalue weighted by Crippen LogP contribution is 2.35. The molecule has 4 rings (SSSR count). The molecule has 194 valence electrons. The van der Waals surface area contributed by atoms with Crippen LogP contribution in [0.1, 0.15) is 12.8 Å². The van der Waals surface area contributed by atoms with E-state index >= 15 is 0 Å². The highest BCUT2D eigenvalue weighted by Gasteiger charge is 2.18. The third-order valence-electron chi connectivity index (χ3n) is 5.28. The molecule has 0 fully saturated rings. The van der Waals surface area contributed by atoms with Gasteiger partial charge in [-0.15, -0.1) is 0 Å². The summed E-state index contributed by atoms with van der Waals surface area (Å²) >= 11 is 5.88. The average molecular weight is 531 g/mol. The van der Waals surface area contributed by atoms with Crippen molar-refractivity contribution in [1.29, 1.82) is 0 Å². The molecular formula is C24H24ClFN6O5. The van der Waals surface area contributed by atoms with E-state index in [0.29, 0.717) is 39.6 Å². The Morgan fingerprint density at radius 3 is 2.73 bits per heavy atom. The number of fused-ring (bicyclic) bond motifs is 1. The molecule has 0 saturated carbocycles. The van der Waals surface area contributed by atoms with Gasteiger partial charge in [0.2, 0.25) is 5.91 Å². The summed E-state index contributed by atoms with van der Waals surface area (Å²) in [6.45, 7) is -0.174. The van der Waals surface area contributed by atoms with E-state index in [9.17, 15) is 19.4 Å². The van der Waals surface area contributed by atoms with E-state index in [4.69, 9.17) is 21.1 Å². The van der Waals surface area contributed by atoms with E-state index in [-0.39, 0.29) is 24.5 Å². The number of hydrogen-bond acceptors (Lipinski definition) is 9. The first kappa shape index (κ1) is 26.1. The Balaban J connectivity index is 1.42. The number of aromatic nitrogens is 4. The lowest BCUT2D eigenvalue weighted by Crippen LogP contribution is -2.27. The first-order chi connectivity index (χ1) is 17.8. The smallest absolute Gasteiger partial charge is 0.227 e. The third-order valence-corrected chi connectivity index (χ3v) is 5.57. The fourth-order valence-corrected chi connectivity index (χ4v) is 3.72. The Labute approximate surface area is 215 Å². The molecule has 0 aliphatic heterocycles. The van der Waals surface area contributed by atoms with Gasteiger partial charge >= 0.3 is 0 Å². The molecule has 4 aromatic rings. The molecule has 2 unspecified atom stereocenters. The normalized spacial score (nSPS) is 12.7. The number of aromatic amines is 1. The van der Waals surface area contributed by atoms with Crippen molar-refractivity contribution in [2.24, 2.45) is 0 Å². The highest BCUT2D eigenvalue weighted by atomic mass is 35.5. The van der Waals surface area contributed by atoms with Crippen molar-refractivity contribution in [2.75, 3.05) is 24.4 Å². The molecule has 1 amide bonds. The van der Waals surface area contributed by atoms with Crippen LogP contribution in [-0.2, 0) is 4.79 Å². The SMILES string of the molecule is COc1cc2ncnc(Nc3ccc(F)c(Cl)c3)c2cc1OCC(O)CC(O)CC(=O)Nc1cn[nH]c1. The summed E-state index contributed by atoms with van der Waals surface area (Å²) in [7, 11) is 1.47. The van der Waals surface area contributed by atoms with Crippen LogP contribution in [-0.4, -0.2) is 62.2 Å². The topological polar surface area (TPSA) is 155 Å². The summed E-state index contributed by atoms with van der Waals surface area (Å²) in [5.41, 5.74) is 1.55. The third kappa shape index (κ3) is 6.82. The molecule has 5 N–H and O–H groups in total. The van der Waals surface area contributed by atoms with Gasteiger partial charge in [-0.25, -0.2) is 14.4 Å². The summed E-state index contributed by atoms with van der Waals surface area (Å²) in [6, 6.07) is 7.48. The van der Waals surface area contributed by atoms with E-state index in [1.54, 1.807) is 12.1 Å². The Hall–Kier alpha value is -4.00. The van der Waals surface area contributed by atoms with Gasteiger partial charge in [0.05, 0.1) is 48.2 Å². The van der Waals surface area contributed by atoms with Gasteiger partial charge in [0.15, 0.2) is 11.5 Å². The number of methoxy groups -OCH3 is 1. The maximum Gasteiger partial charge on any atom is 0.227 e. The quantitative estimate of drug-likeness (QED) is 0.196. The first-order valence-corrected chi connectivity index (χ1v) is 11.5. The number of ether oxygens (including phenoxy) is 2. The van der Waals surface area contributed by atoms with Crippen molar-refractivity contribution in [3.63, 3.8) is 0 Å². The maximum absolute atomic E-state index is 13.5. The lowest BCUT2D eigenvalue weighted by atomic mass is 10.1. The lowest BCUT2D eigenvalue weighted by molar-refractivity contribution is -0.118. The predicted octanol–water partition coefficient (Wildman–Crippen LogP) is 3.42. The van der Waals surface area contributed by atoms with Gasteiger partial charge in [-0.1, -0.05) is 11.6 Å². The second kappa shape index (κ2) is 11.8. The molecule has 0 aliphatic rings. The molecule has 2 atom stereocenters. The van der Waals surface area contributed by atoms with Gasteiger partial charge in [-0.05, 0) is 24.3 Å². The number of anilines is 3. The van der Waals surface area contributed by atoms with Crippen LogP contribution in [0.15, 0.2) is 49.1 Å². The molecule has 0 saturated heterocycles. The van der Waals surface area contributed by atoms with E-state index in [1.165, 1.54) is 44.0 Å². The van der Waals surface area contributed by atoms with E-state index in [1.807, 2.05) is 0 Å². The number of nitrogens with one attached hydrogen (secondary N) is 3. The van der Waals surface area contributed by atoms with Crippen molar-refractivity contribution < 1.29 is 28.9 Å². The number of halogens is 2. The van der Waals surface area contributed by atoms with Crippen LogP contribution >= 0.6 is 11.6 Å². The van der Waals surface area contributed by atoms with Gasteiger partial charge in [0.1, 0.15) is 24.6 Å². The number of aliphatic hydroxyl groups excluding tert-OH is 2. The Kier molecular flexibility index (Phi) is 8.33. The number of rotatable bonds is 11. The van der Waals surface area contributed by atoms with Crippen LogP contribution in [0.4, 0.5) is 21.6 Å². The summed E-state index contributed by atoms with van der Waals surface area (Å²) in [6.07, 6.45) is 1.86. The number of carbonyl (C=O) groups excluding carboxylic acids is 1. The molecule has 37 heavy (non-hydrogen) atoms. The van der Waals surface area contributed by atoms with Crippen LogP contribution in [0.3, 0.4) is 0 Å². The number of benzene rings is 2. The fourth-order valence-electron chi connectivity index (χ4n) is 3.54. The molecule has 0 aliphatic carbocycles. The van der Waals surface area contributed by atoms with Crippen LogP contribution in [0.2, 0.25) is 5.02 Å². The zero-order chi connectivity index (χ0) is 26.4. The van der Waals surface area contributed by atoms with Crippen LogP contribution in [0, 0.1) is 5.82 Å². The zero-order valence-electron chi connectivity index (χ0n) is 19.6. The number of amides is 1. The number of hydrogen-bond donors (Lipinski definition) is 5. The first-order valence-electron chi connectivity index (χ1n) is 11.1. The second-order valence-electron chi connectivity index (χ2n) is 8.09. The molecule has 0 spiro atoms. The summed E-state index contributed by atoms with van der Waals surface area (Å²) in [5.74, 6) is 0.133. The average Bonchev–Trinajstić information content (AvgIpc) is 3.37. The molecule has 2 aromatic heterocycles. The minimum atomic E-state index is -1.09. The molecule has 11 nitrogen and oxygen atoms in total. The minimum absolute atomic E-state index is 0.0378. The molecular weight excluding hydrogens is 507 g/mol. The van der Waals surface area contributed by atoms with Gasteiger partial charge in [-0.2, -0.15) is 5.10 Å². The van der Waals surface area contributed by atoms with Crippen molar-refractivity contribution in [1.82, 2.24) is 20.2 Å². The van der Waals surface area contributed by atoms with E-state index < -0.39 is 23.9 Å². The van der Waals surface area contributed by atoms with Crippen molar-refractivity contribution in [2.45, 2.75) is 25.0 Å². The van der Waals surface area contributed by atoms with Gasteiger partial charge in [0.25, 0.3) is 0 Å². The lowest BCUT2D eigenvalue weighted by Gasteiger charge is -2.18. The Morgan fingerprint density at radius 2 is 2.00 bits per heavy atom. The molecule has 0 bridgehead atoms. The van der Waals surface area contributed by atoms with Crippen molar-refractivity contribution in [3.05, 3.63) is 59.9 Å². The van der Waals surface area contributed by atoms with E-state index in [2.05, 4.69) is 30.8 Å². The standard InChI is InChI=1S/C24H24ClFN6O5/c1-36-21-8-20-17(24(28-12-27-20)32-13-2-3-19(26)18(25)4-13)7-22(21)37-11-16(34)5-15(33)6-23(35)31-14-9-29-30-10-14/h2-4,7-10,12,15-16,33-34H,5-6,11H2,1H3,(H,29,30)(H,31,35)(H,27,28,32). The summed E-state index contributed by atoms with van der Waals surface area (Å²) < 4.78 is 24.7. The molecule has 0 radical (unpaired) electrons. The highest BCUT2D eigenvalue weighted by molar-refractivity contribution is 6.31. The predicted molar refractivity (Wildman–Crippen MR) is 135 cm³/mol. The molecule has 2 heterocycles. The second-order valence-corrected chi connectivity index (χ2v) is 8.50. The van der Waals surface area contributed by atoms with E-state index in [0.717, 1.165) is 0 Å².